The molecule has 0 spiro atoms. The van der Waals surface area contributed by atoms with Gasteiger partial charge in [0.25, 0.3) is 0 Å². The molecule has 0 saturated heterocycles. The van der Waals surface area contributed by atoms with Crippen molar-refractivity contribution in [3.63, 3.8) is 0 Å². The lowest BCUT2D eigenvalue weighted by Crippen LogP contribution is -2.16. The SMILES string of the molecule is CC1(C)c2cc(C=Cc3ccc(C=Cc4ccc5c(c4)C(C)(C)c4cc(N(c6ccccc6)c6ccccc6)ccc4-5)cc3)ccc2-c2ccc(N(c3ccccc3)c3ccccc3)cc21. The fraction of sp³-hybridized carbons (Fsp3) is 0.0938. The average Bonchev–Trinajstić information content (AvgIpc) is 3.72. The standard InChI is InChI=1S/C64H52N2/c1-63(2)59-41-47(33-37-55(59)57-39-35-53(43-61(57)63)65(49-17-9-5-10-18-49)50-19-11-6-12-20-50)31-29-45-25-27-46(28-26-45)30-32-48-34-38-56-58-40-36-54(44-62(58)64(3,4)60(56)42-48)66(51-21-13-7-14-22-51)52-23-15-8-16-24-52/h5-44H,1-4H3. The Morgan fingerprint density at radius 3 is 0.833 bits per heavy atom. The van der Waals surface area contributed by atoms with Gasteiger partial charge in [0.05, 0.1) is 0 Å². The predicted molar refractivity (Wildman–Crippen MR) is 282 cm³/mol. The molecule has 9 aromatic carbocycles. The van der Waals surface area contributed by atoms with Crippen LogP contribution in [0.25, 0.3) is 46.6 Å². The third-order valence-electron chi connectivity index (χ3n) is 13.8. The van der Waals surface area contributed by atoms with Gasteiger partial charge in [-0.2, -0.15) is 0 Å². The van der Waals surface area contributed by atoms with Gasteiger partial charge in [0.1, 0.15) is 0 Å². The maximum absolute atomic E-state index is 2.40. The molecule has 2 nitrogen and oxygen atoms in total. The Bertz CT molecular complexity index is 2970. The highest BCUT2D eigenvalue weighted by molar-refractivity contribution is 5.89. The quantitative estimate of drug-likeness (QED) is 0.127. The number of rotatable bonds is 10. The first-order valence-electron chi connectivity index (χ1n) is 23.1. The largest absolute Gasteiger partial charge is 0.310 e. The summed E-state index contributed by atoms with van der Waals surface area (Å²) in [5.74, 6) is 0. The Kier molecular flexibility index (Phi) is 10.2. The first kappa shape index (κ1) is 40.8. The molecule has 2 heteroatoms. The molecule has 0 aliphatic heterocycles. The van der Waals surface area contributed by atoms with Crippen LogP contribution in [-0.2, 0) is 10.8 Å². The van der Waals surface area contributed by atoms with Gasteiger partial charge < -0.3 is 9.80 Å². The minimum absolute atomic E-state index is 0.146. The van der Waals surface area contributed by atoms with Crippen LogP contribution in [0.1, 0.15) is 72.2 Å². The molecule has 0 unspecified atom stereocenters. The second-order valence-corrected chi connectivity index (χ2v) is 18.7. The zero-order valence-corrected chi connectivity index (χ0v) is 38.0. The Hall–Kier alpha value is -7.94. The third kappa shape index (κ3) is 7.35. The van der Waals surface area contributed by atoms with E-state index in [4.69, 9.17) is 0 Å². The molecule has 0 atom stereocenters. The monoisotopic (exact) mass is 848 g/mol. The van der Waals surface area contributed by atoms with Crippen LogP contribution in [-0.4, -0.2) is 0 Å². The van der Waals surface area contributed by atoms with Crippen molar-refractivity contribution in [2.24, 2.45) is 0 Å². The zero-order chi connectivity index (χ0) is 44.8. The van der Waals surface area contributed by atoms with Crippen molar-refractivity contribution in [2.75, 3.05) is 9.80 Å². The highest BCUT2D eigenvalue weighted by Gasteiger charge is 2.37. The summed E-state index contributed by atoms with van der Waals surface area (Å²) in [4.78, 5) is 4.70. The summed E-state index contributed by atoms with van der Waals surface area (Å²) in [5.41, 5.74) is 22.1. The minimum atomic E-state index is -0.146. The third-order valence-corrected chi connectivity index (χ3v) is 13.8. The number of anilines is 6. The van der Waals surface area contributed by atoms with E-state index in [0.717, 1.165) is 34.1 Å². The molecule has 2 aliphatic rings. The lowest BCUT2D eigenvalue weighted by Gasteiger charge is -2.28. The second kappa shape index (κ2) is 16.6. The van der Waals surface area contributed by atoms with E-state index >= 15 is 0 Å². The van der Waals surface area contributed by atoms with Crippen LogP contribution in [0.2, 0.25) is 0 Å². The summed E-state index contributed by atoms with van der Waals surface area (Å²) in [6, 6.07) is 79.3. The van der Waals surface area contributed by atoms with Crippen LogP contribution in [0.4, 0.5) is 34.1 Å². The van der Waals surface area contributed by atoms with Crippen LogP contribution in [0, 0.1) is 0 Å². The molecule has 0 N–H and O–H groups in total. The molecule has 9 aromatic rings. The molecular formula is C64H52N2. The molecule has 11 rings (SSSR count). The van der Waals surface area contributed by atoms with Crippen molar-refractivity contribution in [3.8, 4) is 22.3 Å². The van der Waals surface area contributed by atoms with Crippen LogP contribution < -0.4 is 9.80 Å². The summed E-state index contributed by atoms with van der Waals surface area (Å²) in [7, 11) is 0. The van der Waals surface area contributed by atoms with E-state index in [0.29, 0.717) is 0 Å². The molecule has 318 valence electrons. The van der Waals surface area contributed by atoms with Crippen molar-refractivity contribution in [1.82, 2.24) is 0 Å². The number of fused-ring (bicyclic) bond motifs is 6. The van der Waals surface area contributed by atoms with Crippen molar-refractivity contribution in [1.29, 1.82) is 0 Å². The Balaban J connectivity index is 0.796. The van der Waals surface area contributed by atoms with E-state index in [2.05, 4.69) is 280 Å². The van der Waals surface area contributed by atoms with Crippen LogP contribution in [0.5, 0.6) is 0 Å². The maximum Gasteiger partial charge on any atom is 0.0465 e. The van der Waals surface area contributed by atoms with Gasteiger partial charge in [0.2, 0.25) is 0 Å². The van der Waals surface area contributed by atoms with Crippen LogP contribution in [0.15, 0.2) is 218 Å². The molecule has 0 saturated carbocycles. The Morgan fingerprint density at radius 1 is 0.258 bits per heavy atom. The van der Waals surface area contributed by atoms with Gasteiger partial charge in [-0.15, -0.1) is 0 Å². The van der Waals surface area contributed by atoms with Gasteiger partial charge in [0, 0.05) is 45.0 Å². The highest BCUT2D eigenvalue weighted by atomic mass is 15.1. The van der Waals surface area contributed by atoms with E-state index in [1.165, 1.54) is 66.8 Å². The molecular weight excluding hydrogens is 797 g/mol. The number of hydrogen-bond acceptors (Lipinski definition) is 2. The van der Waals surface area contributed by atoms with Crippen molar-refractivity contribution in [3.05, 3.63) is 263 Å². The first-order valence-corrected chi connectivity index (χ1v) is 23.1. The summed E-state index contributed by atoms with van der Waals surface area (Å²) in [5, 5.41) is 0. The van der Waals surface area contributed by atoms with Gasteiger partial charge in [0.15, 0.2) is 0 Å². The van der Waals surface area contributed by atoms with E-state index in [1.807, 2.05) is 0 Å². The second-order valence-electron chi connectivity index (χ2n) is 18.7. The van der Waals surface area contributed by atoms with Crippen molar-refractivity contribution >= 4 is 58.4 Å². The zero-order valence-electron chi connectivity index (χ0n) is 38.0. The first-order chi connectivity index (χ1) is 32.2. The summed E-state index contributed by atoms with van der Waals surface area (Å²) < 4.78 is 0. The van der Waals surface area contributed by atoms with Gasteiger partial charge in [-0.05, 0) is 140 Å². The van der Waals surface area contributed by atoms with Crippen molar-refractivity contribution in [2.45, 2.75) is 38.5 Å². The summed E-state index contributed by atoms with van der Waals surface area (Å²) in [6.45, 7) is 9.45. The highest BCUT2D eigenvalue weighted by Crippen LogP contribution is 2.52. The Labute approximate surface area is 390 Å². The van der Waals surface area contributed by atoms with E-state index in [9.17, 15) is 0 Å². The van der Waals surface area contributed by atoms with E-state index < -0.39 is 0 Å². The summed E-state index contributed by atoms with van der Waals surface area (Å²) in [6.07, 6.45) is 8.95. The normalized spacial score (nSPS) is 13.9. The fourth-order valence-corrected chi connectivity index (χ4v) is 10.3. The molecule has 0 bridgehead atoms. The minimum Gasteiger partial charge on any atom is -0.310 e. The van der Waals surface area contributed by atoms with E-state index in [-0.39, 0.29) is 10.8 Å². The van der Waals surface area contributed by atoms with E-state index in [1.54, 1.807) is 0 Å². The van der Waals surface area contributed by atoms with Crippen LogP contribution >= 0.6 is 0 Å². The van der Waals surface area contributed by atoms with Crippen LogP contribution in [0.3, 0.4) is 0 Å². The average molecular weight is 849 g/mol. The molecule has 0 amide bonds. The number of para-hydroxylation sites is 4. The molecule has 2 aliphatic carbocycles. The van der Waals surface area contributed by atoms with Gasteiger partial charge in [-0.25, -0.2) is 0 Å². The topological polar surface area (TPSA) is 6.48 Å². The van der Waals surface area contributed by atoms with Gasteiger partial charge in [-0.1, -0.05) is 198 Å². The number of nitrogens with zero attached hydrogens (tertiary/aromatic N) is 2. The lowest BCUT2D eigenvalue weighted by atomic mass is 9.81. The molecule has 0 heterocycles. The lowest BCUT2D eigenvalue weighted by molar-refractivity contribution is 0.660. The van der Waals surface area contributed by atoms with Gasteiger partial charge in [-0.3, -0.25) is 0 Å². The predicted octanol–water partition coefficient (Wildman–Crippen LogP) is 17.6. The maximum atomic E-state index is 2.40. The Morgan fingerprint density at radius 2 is 0.515 bits per heavy atom. The fourth-order valence-electron chi connectivity index (χ4n) is 10.3. The smallest absolute Gasteiger partial charge is 0.0465 e. The number of benzene rings is 9. The molecule has 0 radical (unpaired) electrons. The molecule has 66 heavy (non-hydrogen) atoms. The van der Waals surface area contributed by atoms with Crippen molar-refractivity contribution < 1.29 is 0 Å². The molecule has 0 fully saturated rings. The molecule has 0 aromatic heterocycles. The van der Waals surface area contributed by atoms with Gasteiger partial charge >= 0.3 is 0 Å². The summed E-state index contributed by atoms with van der Waals surface area (Å²) >= 11 is 0. The number of hydrogen-bond donors (Lipinski definition) is 0.